The molecule has 1 N–H and O–H groups in total. The lowest BCUT2D eigenvalue weighted by molar-refractivity contribution is -0.132. The largest absolute Gasteiger partial charge is 0.493 e. The summed E-state index contributed by atoms with van der Waals surface area (Å²) in [5.41, 5.74) is 5.89. The van der Waals surface area contributed by atoms with E-state index in [1.165, 1.54) is 39.1 Å². The van der Waals surface area contributed by atoms with Gasteiger partial charge in [-0.3, -0.25) is 14.2 Å². The van der Waals surface area contributed by atoms with E-state index in [0.717, 1.165) is 16.8 Å². The highest BCUT2D eigenvalue weighted by Gasteiger charge is 2.18. The monoisotopic (exact) mass is 579 g/mol. The van der Waals surface area contributed by atoms with E-state index in [1.807, 2.05) is 47.9 Å². The van der Waals surface area contributed by atoms with Crippen molar-refractivity contribution in [1.29, 1.82) is 0 Å². The molecular weight excluding hydrogens is 554 g/mol. The highest BCUT2D eigenvalue weighted by molar-refractivity contribution is 7.99. The Balaban J connectivity index is 1.48. The van der Waals surface area contributed by atoms with Gasteiger partial charge in [0, 0.05) is 28.8 Å². The van der Waals surface area contributed by atoms with Crippen molar-refractivity contribution in [2.75, 3.05) is 20.0 Å². The first-order valence-corrected chi connectivity index (χ1v) is 13.3. The van der Waals surface area contributed by atoms with Gasteiger partial charge in [-0.15, -0.1) is 10.2 Å². The van der Waals surface area contributed by atoms with Crippen LogP contribution < -0.4 is 19.6 Å². The molecule has 0 spiro atoms. The fourth-order valence-electron chi connectivity index (χ4n) is 3.64. The Hall–Kier alpha value is -4.35. The van der Waals surface area contributed by atoms with Gasteiger partial charge in [-0.05, 0) is 43.3 Å². The normalized spacial score (nSPS) is 10.9. The number of halogens is 1. The number of hydrogen-bond acceptors (Lipinski definition) is 9. The van der Waals surface area contributed by atoms with E-state index in [9.17, 15) is 9.59 Å². The number of esters is 1. The van der Waals surface area contributed by atoms with Gasteiger partial charge in [0.05, 0.1) is 26.2 Å². The molecule has 0 fully saturated rings. The smallest absolute Gasteiger partial charge is 0.308 e. The molecule has 0 saturated carbocycles. The molecule has 10 nitrogen and oxygen atoms in total. The third-order valence-electron chi connectivity index (χ3n) is 5.49. The molecule has 0 aliphatic heterocycles. The molecule has 1 heterocycles. The Morgan fingerprint density at radius 1 is 1.02 bits per heavy atom. The van der Waals surface area contributed by atoms with Crippen molar-refractivity contribution < 1.29 is 23.8 Å². The van der Waals surface area contributed by atoms with Crippen LogP contribution >= 0.6 is 23.4 Å². The number of amides is 1. The first-order chi connectivity index (χ1) is 19.3. The Labute approximate surface area is 240 Å². The third kappa shape index (κ3) is 6.99. The zero-order chi connectivity index (χ0) is 28.6. The van der Waals surface area contributed by atoms with Crippen molar-refractivity contribution in [2.45, 2.75) is 19.0 Å². The summed E-state index contributed by atoms with van der Waals surface area (Å²) in [6, 6.07) is 18.5. The van der Waals surface area contributed by atoms with E-state index < -0.39 is 5.97 Å². The highest BCUT2D eigenvalue weighted by atomic mass is 35.5. The number of methoxy groups -OCH3 is 2. The number of hydrazone groups is 1. The minimum Gasteiger partial charge on any atom is -0.493 e. The van der Waals surface area contributed by atoms with Crippen molar-refractivity contribution in [3.8, 4) is 34.3 Å². The lowest BCUT2D eigenvalue weighted by atomic mass is 10.1. The zero-order valence-corrected chi connectivity index (χ0v) is 23.7. The summed E-state index contributed by atoms with van der Waals surface area (Å²) in [6.07, 6.45) is 1.43. The average Bonchev–Trinajstić information content (AvgIpc) is 3.36. The molecule has 40 heavy (non-hydrogen) atoms. The second-order valence-electron chi connectivity index (χ2n) is 8.41. The van der Waals surface area contributed by atoms with Crippen molar-refractivity contribution in [2.24, 2.45) is 5.10 Å². The molecule has 1 amide bonds. The zero-order valence-electron chi connectivity index (χ0n) is 22.2. The topological polar surface area (TPSA) is 117 Å². The van der Waals surface area contributed by atoms with Crippen LogP contribution in [0.5, 0.6) is 17.2 Å². The summed E-state index contributed by atoms with van der Waals surface area (Å²) in [5, 5.41) is 13.9. The molecule has 1 aromatic heterocycles. The number of thioether (sulfide) groups is 1. The summed E-state index contributed by atoms with van der Waals surface area (Å²) in [7, 11) is 2.88. The van der Waals surface area contributed by atoms with Crippen LogP contribution in [0.25, 0.3) is 17.1 Å². The van der Waals surface area contributed by atoms with Gasteiger partial charge in [-0.1, -0.05) is 53.2 Å². The first-order valence-electron chi connectivity index (χ1n) is 12.0. The Bertz CT molecular complexity index is 1510. The number of aromatic nitrogens is 3. The quantitative estimate of drug-likeness (QED) is 0.0908. The van der Waals surface area contributed by atoms with Crippen molar-refractivity contribution in [1.82, 2.24) is 20.2 Å². The van der Waals surface area contributed by atoms with E-state index in [1.54, 1.807) is 24.3 Å². The van der Waals surface area contributed by atoms with Gasteiger partial charge in [-0.25, -0.2) is 5.43 Å². The molecule has 206 valence electrons. The van der Waals surface area contributed by atoms with Gasteiger partial charge >= 0.3 is 5.97 Å². The third-order valence-corrected chi connectivity index (χ3v) is 6.67. The van der Waals surface area contributed by atoms with Gasteiger partial charge in [0.15, 0.2) is 22.5 Å². The molecule has 0 aliphatic carbocycles. The number of aryl methyl sites for hydroxylation is 1. The van der Waals surface area contributed by atoms with Crippen LogP contribution in [-0.2, 0) is 9.59 Å². The molecule has 12 heteroatoms. The molecule has 4 aromatic rings. The minimum atomic E-state index is -0.513. The SMILES string of the molecule is COc1cc(C=NNC(=O)CSc2nnc(-c3ccc(C)cc3)n2-c2ccc(Cl)cc2)cc(OC)c1OC(C)=O. The lowest BCUT2D eigenvalue weighted by Crippen LogP contribution is -2.20. The maximum absolute atomic E-state index is 12.6. The maximum atomic E-state index is 12.6. The number of carbonyl (C=O) groups is 2. The van der Waals surface area contributed by atoms with Gasteiger partial charge in [0.2, 0.25) is 5.75 Å². The molecule has 3 aromatic carbocycles. The number of benzene rings is 3. The summed E-state index contributed by atoms with van der Waals surface area (Å²) in [6.45, 7) is 3.30. The summed E-state index contributed by atoms with van der Waals surface area (Å²) in [4.78, 5) is 24.0. The van der Waals surface area contributed by atoms with E-state index in [0.29, 0.717) is 21.6 Å². The minimum absolute atomic E-state index is 0.0367. The number of hydrogen-bond donors (Lipinski definition) is 1. The number of nitrogens with zero attached hydrogens (tertiary/aromatic N) is 4. The Kier molecular flexibility index (Phi) is 9.41. The van der Waals surface area contributed by atoms with Crippen LogP contribution in [0.2, 0.25) is 5.02 Å². The van der Waals surface area contributed by atoms with Crippen LogP contribution in [0.4, 0.5) is 0 Å². The molecule has 0 atom stereocenters. The highest BCUT2D eigenvalue weighted by Crippen LogP contribution is 2.38. The fraction of sp³-hybridized carbons (Fsp3) is 0.179. The van der Waals surface area contributed by atoms with E-state index in [-0.39, 0.29) is 28.9 Å². The number of carbonyl (C=O) groups excluding carboxylic acids is 2. The van der Waals surface area contributed by atoms with Crippen LogP contribution in [0.3, 0.4) is 0 Å². The summed E-state index contributed by atoms with van der Waals surface area (Å²) < 4.78 is 17.7. The summed E-state index contributed by atoms with van der Waals surface area (Å²) >= 11 is 7.32. The second-order valence-corrected chi connectivity index (χ2v) is 9.79. The van der Waals surface area contributed by atoms with Crippen LogP contribution in [0, 0.1) is 6.92 Å². The van der Waals surface area contributed by atoms with Gasteiger partial charge < -0.3 is 14.2 Å². The van der Waals surface area contributed by atoms with Crippen LogP contribution in [0.15, 0.2) is 70.9 Å². The predicted molar refractivity (Wildman–Crippen MR) is 154 cm³/mol. The second kappa shape index (κ2) is 13.1. The van der Waals surface area contributed by atoms with Crippen LogP contribution in [0.1, 0.15) is 18.1 Å². The standard InChI is InChI=1S/C28H26ClN5O5S/c1-17-5-7-20(8-6-17)27-32-33-28(34(27)22-11-9-21(29)10-12-22)40-16-25(36)31-30-15-19-13-23(37-3)26(39-18(2)35)24(14-19)38-4/h5-15H,16H2,1-4H3,(H,31,36). The Morgan fingerprint density at radius 3 is 2.27 bits per heavy atom. The van der Waals surface area contributed by atoms with Crippen molar-refractivity contribution in [3.63, 3.8) is 0 Å². The first kappa shape index (κ1) is 28.7. The average molecular weight is 580 g/mol. The number of rotatable bonds is 10. The Morgan fingerprint density at radius 2 is 1.68 bits per heavy atom. The van der Waals surface area contributed by atoms with Gasteiger partial charge in [0.1, 0.15) is 0 Å². The molecule has 0 saturated heterocycles. The maximum Gasteiger partial charge on any atom is 0.308 e. The molecule has 0 aliphatic rings. The predicted octanol–water partition coefficient (Wildman–Crippen LogP) is 5.08. The summed E-state index contributed by atoms with van der Waals surface area (Å²) in [5.74, 6) is 0.537. The van der Waals surface area contributed by atoms with Crippen molar-refractivity contribution >= 4 is 41.5 Å². The van der Waals surface area contributed by atoms with Gasteiger partial charge in [0.25, 0.3) is 5.91 Å². The van der Waals surface area contributed by atoms with E-state index in [2.05, 4.69) is 20.7 Å². The molecule has 4 rings (SSSR count). The number of nitrogens with one attached hydrogen (secondary N) is 1. The molecule has 0 unspecified atom stereocenters. The number of ether oxygens (including phenoxy) is 3. The van der Waals surface area contributed by atoms with E-state index in [4.69, 9.17) is 25.8 Å². The lowest BCUT2D eigenvalue weighted by Gasteiger charge is -2.13. The molecule has 0 radical (unpaired) electrons. The van der Waals surface area contributed by atoms with E-state index >= 15 is 0 Å². The molecular formula is C28H26ClN5O5S. The van der Waals surface area contributed by atoms with Gasteiger partial charge in [-0.2, -0.15) is 5.10 Å². The fourth-order valence-corrected chi connectivity index (χ4v) is 4.51. The molecule has 0 bridgehead atoms. The van der Waals surface area contributed by atoms with Crippen LogP contribution in [-0.4, -0.2) is 52.8 Å². The van der Waals surface area contributed by atoms with Crippen molar-refractivity contribution in [3.05, 3.63) is 76.8 Å².